The third kappa shape index (κ3) is 2.20. The van der Waals surface area contributed by atoms with E-state index in [4.69, 9.17) is 17.4 Å². The van der Waals surface area contributed by atoms with Crippen molar-refractivity contribution in [2.75, 3.05) is 0 Å². The summed E-state index contributed by atoms with van der Waals surface area (Å²) in [5.41, 5.74) is 0.914. The molecule has 0 heterocycles. The maximum absolute atomic E-state index is 5.71. The van der Waals surface area contributed by atoms with Gasteiger partial charge in [0.2, 0.25) is 0 Å². The van der Waals surface area contributed by atoms with Gasteiger partial charge in [0.1, 0.15) is 0 Å². The van der Waals surface area contributed by atoms with E-state index in [9.17, 15) is 0 Å². The van der Waals surface area contributed by atoms with E-state index in [1.54, 1.807) is 18.3 Å². The number of nitrogens with zero attached hydrogens (tertiary/aromatic N) is 1. The lowest BCUT2D eigenvalue weighted by Crippen LogP contribution is -1.87. The Morgan fingerprint density at radius 2 is 2.27 bits per heavy atom. The molecule has 0 saturated carbocycles. The summed E-state index contributed by atoms with van der Waals surface area (Å²) in [7, 11) is 0. The van der Waals surface area contributed by atoms with Crippen LogP contribution in [0.15, 0.2) is 27.8 Å². The molecule has 0 aliphatic carbocycles. The van der Waals surface area contributed by atoms with Crippen LogP contribution >= 0.6 is 27.5 Å². The zero-order valence-electron chi connectivity index (χ0n) is 5.59. The smallest absolute Gasteiger partial charge is 0.0549 e. The lowest BCUT2D eigenvalue weighted by atomic mass is 10.2. The average Bonchev–Trinajstić information content (AvgIpc) is 1.95. The molecule has 0 aromatic heterocycles. The van der Waals surface area contributed by atoms with E-state index >= 15 is 0 Å². The van der Waals surface area contributed by atoms with Gasteiger partial charge in [-0.15, -0.1) is 0 Å². The predicted molar refractivity (Wildman–Crippen MR) is 50.9 cm³/mol. The SMILES string of the molecule is NN=Cc1ccc(Cl)cc1Br. The molecule has 0 aliphatic rings. The largest absolute Gasteiger partial charge is 0.323 e. The van der Waals surface area contributed by atoms with E-state index in [0.29, 0.717) is 5.02 Å². The summed E-state index contributed by atoms with van der Waals surface area (Å²) < 4.78 is 0.888. The summed E-state index contributed by atoms with van der Waals surface area (Å²) in [6.07, 6.45) is 1.56. The van der Waals surface area contributed by atoms with Gasteiger partial charge in [-0.1, -0.05) is 33.6 Å². The monoisotopic (exact) mass is 232 g/mol. The fourth-order valence-electron chi connectivity index (χ4n) is 0.687. The molecule has 0 fully saturated rings. The molecule has 1 aromatic carbocycles. The number of rotatable bonds is 1. The van der Waals surface area contributed by atoms with Crippen LogP contribution in [0, 0.1) is 0 Å². The van der Waals surface area contributed by atoms with Gasteiger partial charge in [0.25, 0.3) is 0 Å². The van der Waals surface area contributed by atoms with Crippen molar-refractivity contribution in [3.63, 3.8) is 0 Å². The van der Waals surface area contributed by atoms with Crippen molar-refractivity contribution in [3.8, 4) is 0 Å². The molecule has 0 saturated heterocycles. The second-order valence-electron chi connectivity index (χ2n) is 1.94. The van der Waals surface area contributed by atoms with E-state index in [0.717, 1.165) is 10.0 Å². The molecule has 0 bridgehead atoms. The van der Waals surface area contributed by atoms with E-state index in [2.05, 4.69) is 21.0 Å². The summed E-state index contributed by atoms with van der Waals surface area (Å²) in [4.78, 5) is 0. The van der Waals surface area contributed by atoms with Crippen LogP contribution in [0.1, 0.15) is 5.56 Å². The van der Waals surface area contributed by atoms with Crippen molar-refractivity contribution in [3.05, 3.63) is 33.3 Å². The third-order valence-corrected chi connectivity index (χ3v) is 2.10. The summed E-state index contributed by atoms with van der Waals surface area (Å²) in [5.74, 6) is 4.98. The first-order chi connectivity index (χ1) is 5.24. The molecule has 0 radical (unpaired) electrons. The van der Waals surface area contributed by atoms with Crippen LogP contribution < -0.4 is 5.84 Å². The zero-order valence-corrected chi connectivity index (χ0v) is 7.93. The van der Waals surface area contributed by atoms with Gasteiger partial charge in [0, 0.05) is 15.1 Å². The van der Waals surface area contributed by atoms with Crippen molar-refractivity contribution in [2.24, 2.45) is 10.9 Å². The molecule has 4 heteroatoms. The zero-order chi connectivity index (χ0) is 8.27. The number of benzene rings is 1. The first kappa shape index (κ1) is 8.56. The minimum atomic E-state index is 0.686. The second-order valence-corrected chi connectivity index (χ2v) is 3.23. The van der Waals surface area contributed by atoms with E-state index in [1.165, 1.54) is 0 Å². The van der Waals surface area contributed by atoms with Crippen LogP contribution in [0.2, 0.25) is 5.02 Å². The molecule has 58 valence electrons. The molecule has 0 unspecified atom stereocenters. The molecule has 0 spiro atoms. The van der Waals surface area contributed by atoms with Crippen molar-refractivity contribution < 1.29 is 0 Å². The van der Waals surface area contributed by atoms with Crippen molar-refractivity contribution >= 4 is 33.7 Å². The molecular weight excluding hydrogens is 227 g/mol. The second kappa shape index (κ2) is 3.74. The lowest BCUT2D eigenvalue weighted by molar-refractivity contribution is 1.26. The Morgan fingerprint density at radius 3 is 2.82 bits per heavy atom. The van der Waals surface area contributed by atoms with Crippen LogP contribution in [0.4, 0.5) is 0 Å². The quantitative estimate of drug-likeness (QED) is 0.451. The highest BCUT2D eigenvalue weighted by atomic mass is 79.9. The van der Waals surface area contributed by atoms with Crippen LogP contribution in [-0.4, -0.2) is 6.21 Å². The molecular formula is C7H6BrClN2. The maximum Gasteiger partial charge on any atom is 0.0549 e. The summed E-state index contributed by atoms with van der Waals surface area (Å²) in [6.45, 7) is 0. The van der Waals surface area contributed by atoms with Crippen molar-refractivity contribution in [1.82, 2.24) is 0 Å². The molecule has 0 aliphatic heterocycles. The number of nitrogens with two attached hydrogens (primary N) is 1. The number of hydrogen-bond donors (Lipinski definition) is 1. The van der Waals surface area contributed by atoms with Gasteiger partial charge in [0.15, 0.2) is 0 Å². The molecule has 1 aromatic rings. The van der Waals surface area contributed by atoms with Crippen molar-refractivity contribution in [1.29, 1.82) is 0 Å². The number of hydrazone groups is 1. The van der Waals surface area contributed by atoms with Gasteiger partial charge in [-0.2, -0.15) is 5.10 Å². The number of hydrogen-bond acceptors (Lipinski definition) is 2. The maximum atomic E-state index is 5.71. The van der Waals surface area contributed by atoms with Gasteiger partial charge >= 0.3 is 0 Å². The Hall–Kier alpha value is -0.540. The summed E-state index contributed by atoms with van der Waals surface area (Å²) >= 11 is 9.03. The Kier molecular flexibility index (Phi) is 2.91. The van der Waals surface area contributed by atoms with Gasteiger partial charge in [0.05, 0.1) is 6.21 Å². The number of halogens is 2. The highest BCUT2D eigenvalue weighted by molar-refractivity contribution is 9.10. The summed E-state index contributed by atoms with van der Waals surface area (Å²) in [5, 5.41) is 4.08. The van der Waals surface area contributed by atoms with E-state index < -0.39 is 0 Å². The Bertz CT molecular complexity index is 286. The molecule has 1 rings (SSSR count). The van der Waals surface area contributed by atoms with E-state index in [1.807, 2.05) is 6.07 Å². The first-order valence-electron chi connectivity index (χ1n) is 2.92. The normalized spacial score (nSPS) is 10.7. The van der Waals surface area contributed by atoms with E-state index in [-0.39, 0.29) is 0 Å². The fourth-order valence-corrected chi connectivity index (χ4v) is 1.47. The summed E-state index contributed by atoms with van der Waals surface area (Å²) in [6, 6.07) is 5.41. The Morgan fingerprint density at radius 1 is 1.55 bits per heavy atom. The molecule has 0 amide bonds. The molecule has 11 heavy (non-hydrogen) atoms. The van der Waals surface area contributed by atoms with Gasteiger partial charge in [-0.05, 0) is 12.1 Å². The van der Waals surface area contributed by atoms with Gasteiger partial charge in [-0.3, -0.25) is 0 Å². The average molecular weight is 233 g/mol. The van der Waals surface area contributed by atoms with Crippen LogP contribution in [0.3, 0.4) is 0 Å². The Balaban J connectivity index is 3.09. The Labute approximate surface area is 78.2 Å². The molecule has 0 atom stereocenters. The van der Waals surface area contributed by atoms with Gasteiger partial charge < -0.3 is 5.84 Å². The third-order valence-electron chi connectivity index (χ3n) is 1.18. The topological polar surface area (TPSA) is 38.4 Å². The van der Waals surface area contributed by atoms with Gasteiger partial charge in [-0.25, -0.2) is 0 Å². The van der Waals surface area contributed by atoms with Crippen molar-refractivity contribution in [2.45, 2.75) is 0 Å². The minimum absolute atomic E-state index is 0.686. The fraction of sp³-hybridized carbons (Fsp3) is 0. The minimum Gasteiger partial charge on any atom is -0.323 e. The van der Waals surface area contributed by atoms with Crippen LogP contribution in [0.5, 0.6) is 0 Å². The lowest BCUT2D eigenvalue weighted by Gasteiger charge is -1.96. The highest BCUT2D eigenvalue weighted by Crippen LogP contribution is 2.19. The molecule has 2 nitrogen and oxygen atoms in total. The predicted octanol–water partition coefficient (Wildman–Crippen LogP) is 2.40. The first-order valence-corrected chi connectivity index (χ1v) is 4.09. The standard InChI is InChI=1S/C7H6BrClN2/c8-7-3-6(9)2-1-5(7)4-11-10/h1-4H,10H2. The molecule has 2 N–H and O–H groups in total. The van der Waals surface area contributed by atoms with Crippen LogP contribution in [0.25, 0.3) is 0 Å². The highest BCUT2D eigenvalue weighted by Gasteiger charge is 1.96. The van der Waals surface area contributed by atoms with Crippen LogP contribution in [-0.2, 0) is 0 Å².